The predicted octanol–water partition coefficient (Wildman–Crippen LogP) is 6.23. The Morgan fingerprint density at radius 3 is 1.85 bits per heavy atom. The quantitative estimate of drug-likeness (QED) is 0.577. The smallest absolute Gasteiger partial charge is 0.146 e. The maximum Gasteiger partial charge on any atom is 0.146 e. The highest BCUT2D eigenvalue weighted by Crippen LogP contribution is 2.43. The Labute approximate surface area is 160 Å². The average Bonchev–Trinajstić information content (AvgIpc) is 2.56. The van der Waals surface area contributed by atoms with Crippen LogP contribution in [0.1, 0.15) is 102 Å². The van der Waals surface area contributed by atoms with Gasteiger partial charge < -0.3 is 4.74 Å². The van der Waals surface area contributed by atoms with Gasteiger partial charge in [-0.15, -0.1) is 0 Å². The minimum absolute atomic E-state index is 0.0301. The first-order chi connectivity index (χ1) is 12.0. The van der Waals surface area contributed by atoms with Gasteiger partial charge in [-0.2, -0.15) is 0 Å². The van der Waals surface area contributed by atoms with Gasteiger partial charge in [0.1, 0.15) is 5.78 Å². The van der Waals surface area contributed by atoms with E-state index >= 15 is 0 Å². The van der Waals surface area contributed by atoms with Crippen LogP contribution in [-0.2, 0) is 16.0 Å². The van der Waals surface area contributed by atoms with E-state index in [0.29, 0.717) is 30.1 Å². The summed E-state index contributed by atoms with van der Waals surface area (Å²) in [6.45, 7) is 20.4. The SMILES string of the molecule is CC(C)c1cc(C(C)C)c(CCO[C@H]2[C@@H](C)C(=O)C2(C)C)c(C(C)C)c1. The molecule has 0 heterocycles. The molecule has 1 aromatic rings. The molecule has 0 N–H and O–H groups in total. The van der Waals surface area contributed by atoms with Gasteiger partial charge in [0.15, 0.2) is 0 Å². The third-order valence-electron chi connectivity index (χ3n) is 6.12. The predicted molar refractivity (Wildman–Crippen MR) is 110 cm³/mol. The highest BCUT2D eigenvalue weighted by atomic mass is 16.5. The molecule has 1 saturated carbocycles. The number of hydrogen-bond acceptors (Lipinski definition) is 2. The van der Waals surface area contributed by atoms with Crippen molar-refractivity contribution in [3.63, 3.8) is 0 Å². The Bertz CT molecular complexity index is 623. The third kappa shape index (κ3) is 3.91. The summed E-state index contributed by atoms with van der Waals surface area (Å²) in [6.07, 6.45) is 0.974. The van der Waals surface area contributed by atoms with Crippen LogP contribution in [0.5, 0.6) is 0 Å². The van der Waals surface area contributed by atoms with E-state index in [0.717, 1.165) is 6.42 Å². The Kier molecular flexibility index (Phi) is 6.38. The summed E-state index contributed by atoms with van der Waals surface area (Å²) in [5.41, 5.74) is 5.47. The van der Waals surface area contributed by atoms with Crippen molar-refractivity contribution in [3.05, 3.63) is 34.4 Å². The molecular formula is C24H38O2. The topological polar surface area (TPSA) is 26.3 Å². The van der Waals surface area contributed by atoms with Gasteiger partial charge in [-0.05, 0) is 46.4 Å². The molecule has 2 atom stereocenters. The van der Waals surface area contributed by atoms with E-state index in [-0.39, 0.29) is 17.4 Å². The van der Waals surface area contributed by atoms with Crippen LogP contribution in [0.15, 0.2) is 12.1 Å². The summed E-state index contributed by atoms with van der Waals surface area (Å²) >= 11 is 0. The molecule has 1 aromatic carbocycles. The van der Waals surface area contributed by atoms with Crippen LogP contribution in [0, 0.1) is 11.3 Å². The lowest BCUT2D eigenvalue weighted by Crippen LogP contribution is -2.58. The zero-order chi connectivity index (χ0) is 19.8. The third-order valence-corrected chi connectivity index (χ3v) is 6.12. The Hall–Kier alpha value is -1.15. The molecule has 1 fully saturated rings. The number of rotatable bonds is 7. The van der Waals surface area contributed by atoms with Crippen molar-refractivity contribution in [2.75, 3.05) is 6.61 Å². The molecule has 2 heteroatoms. The summed E-state index contributed by atoms with van der Waals surface area (Å²) in [4.78, 5) is 12.0. The molecule has 1 aliphatic rings. The van der Waals surface area contributed by atoms with Gasteiger partial charge in [-0.1, -0.05) is 74.4 Å². The molecule has 2 nitrogen and oxygen atoms in total. The highest BCUT2D eigenvalue weighted by Gasteiger charge is 2.54. The van der Waals surface area contributed by atoms with Crippen LogP contribution in [-0.4, -0.2) is 18.5 Å². The second-order valence-electron chi connectivity index (χ2n) is 9.56. The van der Waals surface area contributed by atoms with Crippen LogP contribution in [0.3, 0.4) is 0 Å². The van der Waals surface area contributed by atoms with E-state index in [1.54, 1.807) is 0 Å². The Morgan fingerprint density at radius 2 is 1.46 bits per heavy atom. The second kappa shape index (κ2) is 7.84. The Morgan fingerprint density at radius 1 is 0.962 bits per heavy atom. The van der Waals surface area contributed by atoms with E-state index in [1.165, 1.54) is 22.3 Å². The lowest BCUT2D eigenvalue weighted by Gasteiger charge is -2.47. The molecule has 0 aromatic heterocycles. The fourth-order valence-corrected chi connectivity index (χ4v) is 4.43. The van der Waals surface area contributed by atoms with Gasteiger partial charge in [0, 0.05) is 5.92 Å². The molecule has 1 aliphatic carbocycles. The fourth-order valence-electron chi connectivity index (χ4n) is 4.43. The van der Waals surface area contributed by atoms with Crippen LogP contribution in [0.4, 0.5) is 0 Å². The maximum atomic E-state index is 12.0. The minimum atomic E-state index is -0.331. The molecule has 0 amide bonds. The monoisotopic (exact) mass is 358 g/mol. The molecule has 0 spiro atoms. The zero-order valence-electron chi connectivity index (χ0n) is 18.3. The number of ketones is 1. The van der Waals surface area contributed by atoms with Crippen molar-refractivity contribution in [2.45, 2.75) is 92.6 Å². The van der Waals surface area contributed by atoms with Crippen molar-refractivity contribution in [1.82, 2.24) is 0 Å². The van der Waals surface area contributed by atoms with Crippen LogP contribution in [0.25, 0.3) is 0 Å². The standard InChI is InChI=1S/C24H38O2/c1-14(2)18-12-20(15(3)4)19(21(13-18)16(5)6)10-11-26-23-17(7)22(25)24(23,8)9/h12-17,23H,10-11H2,1-9H3/t17-,23-/m0/s1. The van der Waals surface area contributed by atoms with E-state index < -0.39 is 0 Å². The van der Waals surface area contributed by atoms with E-state index in [1.807, 2.05) is 20.8 Å². The largest absolute Gasteiger partial charge is 0.376 e. The molecule has 0 aliphatic heterocycles. The first-order valence-electron chi connectivity index (χ1n) is 10.3. The fraction of sp³-hybridized carbons (Fsp3) is 0.708. The zero-order valence-corrected chi connectivity index (χ0v) is 18.3. The van der Waals surface area contributed by atoms with Crippen LogP contribution >= 0.6 is 0 Å². The molecule has 0 bridgehead atoms. The van der Waals surface area contributed by atoms with Crippen LogP contribution in [0.2, 0.25) is 0 Å². The molecule has 26 heavy (non-hydrogen) atoms. The molecule has 0 radical (unpaired) electrons. The van der Waals surface area contributed by atoms with Gasteiger partial charge in [0.25, 0.3) is 0 Å². The normalized spacial score (nSPS) is 22.4. The van der Waals surface area contributed by atoms with Gasteiger partial charge in [-0.3, -0.25) is 4.79 Å². The van der Waals surface area contributed by atoms with Crippen molar-refractivity contribution in [2.24, 2.45) is 11.3 Å². The van der Waals surface area contributed by atoms with Crippen molar-refractivity contribution in [3.8, 4) is 0 Å². The summed E-state index contributed by atoms with van der Waals surface area (Å²) in [6, 6.07) is 4.80. The van der Waals surface area contributed by atoms with Crippen LogP contribution < -0.4 is 0 Å². The average molecular weight is 359 g/mol. The van der Waals surface area contributed by atoms with E-state index in [4.69, 9.17) is 4.74 Å². The minimum Gasteiger partial charge on any atom is -0.376 e. The molecule has 0 unspecified atom stereocenters. The van der Waals surface area contributed by atoms with Gasteiger partial charge in [0.05, 0.1) is 18.1 Å². The number of carbonyl (C=O) groups is 1. The van der Waals surface area contributed by atoms with Gasteiger partial charge in [-0.25, -0.2) is 0 Å². The molecule has 146 valence electrons. The Balaban J connectivity index is 2.23. The number of Topliss-reactive ketones (excluding diaryl/α,β-unsaturated/α-hetero) is 1. The second-order valence-corrected chi connectivity index (χ2v) is 9.56. The molecular weight excluding hydrogens is 320 g/mol. The number of carbonyl (C=O) groups excluding carboxylic acids is 1. The van der Waals surface area contributed by atoms with Gasteiger partial charge >= 0.3 is 0 Å². The summed E-state index contributed by atoms with van der Waals surface area (Å²) in [5.74, 6) is 1.90. The first kappa shape index (κ1) is 21.2. The van der Waals surface area contributed by atoms with Gasteiger partial charge in [0.2, 0.25) is 0 Å². The summed E-state index contributed by atoms with van der Waals surface area (Å²) in [5, 5.41) is 0. The lowest BCUT2D eigenvalue weighted by molar-refractivity contribution is -0.172. The number of hydrogen-bond donors (Lipinski definition) is 0. The van der Waals surface area contributed by atoms with Crippen molar-refractivity contribution in [1.29, 1.82) is 0 Å². The molecule has 0 saturated heterocycles. The first-order valence-corrected chi connectivity index (χ1v) is 10.3. The molecule has 2 rings (SSSR count). The highest BCUT2D eigenvalue weighted by molar-refractivity contribution is 5.93. The lowest BCUT2D eigenvalue weighted by atomic mass is 9.61. The summed E-state index contributed by atoms with van der Waals surface area (Å²) < 4.78 is 6.21. The number of ether oxygens (including phenoxy) is 1. The number of benzene rings is 1. The van der Waals surface area contributed by atoms with E-state index in [2.05, 4.69) is 53.7 Å². The van der Waals surface area contributed by atoms with E-state index in [9.17, 15) is 4.79 Å². The summed E-state index contributed by atoms with van der Waals surface area (Å²) in [7, 11) is 0. The maximum absolute atomic E-state index is 12.0. The van der Waals surface area contributed by atoms with Crippen molar-refractivity contribution < 1.29 is 9.53 Å². The van der Waals surface area contributed by atoms with Crippen molar-refractivity contribution >= 4 is 5.78 Å².